The van der Waals surface area contributed by atoms with Crippen molar-refractivity contribution in [2.75, 3.05) is 7.11 Å². The molecule has 4 heteroatoms. The number of rotatable bonds is 9. The molecule has 0 fully saturated rings. The van der Waals surface area contributed by atoms with Crippen molar-refractivity contribution in [2.24, 2.45) is 0 Å². The number of ether oxygens (including phenoxy) is 1. The van der Waals surface area contributed by atoms with Crippen molar-refractivity contribution >= 4 is 0 Å². The van der Waals surface area contributed by atoms with E-state index in [9.17, 15) is 9.50 Å². The average molecular weight is 388 g/mol. The van der Waals surface area contributed by atoms with E-state index in [4.69, 9.17) is 9.72 Å². The first-order valence-electron chi connectivity index (χ1n) is 10.2. The summed E-state index contributed by atoms with van der Waals surface area (Å²) in [5, 5.41) is 10.3. The van der Waals surface area contributed by atoms with Gasteiger partial charge in [0.1, 0.15) is 11.4 Å². The third-order valence-electron chi connectivity index (χ3n) is 5.38. The Bertz CT molecular complexity index is 782. The number of unbranched alkanes of at least 4 members (excludes halogenated alkanes) is 2. The number of aromatic nitrogens is 1. The first kappa shape index (κ1) is 22.5. The molecule has 0 unspecified atom stereocenters. The van der Waals surface area contributed by atoms with Crippen molar-refractivity contribution in [3.63, 3.8) is 0 Å². The van der Waals surface area contributed by atoms with E-state index in [2.05, 4.69) is 20.8 Å². The van der Waals surface area contributed by atoms with Gasteiger partial charge >= 0.3 is 0 Å². The number of benzene rings is 1. The van der Waals surface area contributed by atoms with Gasteiger partial charge in [-0.3, -0.25) is 4.98 Å². The van der Waals surface area contributed by atoms with Gasteiger partial charge in [-0.25, -0.2) is 4.39 Å². The summed E-state index contributed by atoms with van der Waals surface area (Å²) in [5.41, 5.74) is 5.05. The van der Waals surface area contributed by atoms with Gasteiger partial charge in [0.25, 0.3) is 0 Å². The van der Waals surface area contributed by atoms with Gasteiger partial charge in [0, 0.05) is 18.4 Å². The highest BCUT2D eigenvalue weighted by Gasteiger charge is 2.30. The summed E-state index contributed by atoms with van der Waals surface area (Å²) >= 11 is 0. The van der Waals surface area contributed by atoms with Crippen molar-refractivity contribution < 1.29 is 14.2 Å². The lowest BCUT2D eigenvalue weighted by Crippen LogP contribution is -2.26. The van der Waals surface area contributed by atoms with Crippen LogP contribution in [0.3, 0.4) is 0 Å². The largest absolute Gasteiger partial charge is 0.392 e. The lowest BCUT2D eigenvalue weighted by molar-refractivity contribution is 0.0144. The Morgan fingerprint density at radius 2 is 1.75 bits per heavy atom. The van der Waals surface area contributed by atoms with Gasteiger partial charge < -0.3 is 9.84 Å². The predicted molar refractivity (Wildman–Crippen MR) is 113 cm³/mol. The Balaban J connectivity index is 2.87. The minimum atomic E-state index is -0.562. The fraction of sp³-hybridized carbons (Fsp3) is 0.542. The van der Waals surface area contributed by atoms with Crippen LogP contribution in [0.25, 0.3) is 11.1 Å². The quantitative estimate of drug-likeness (QED) is 0.527. The number of hydrogen-bond donors (Lipinski definition) is 1. The zero-order valence-corrected chi connectivity index (χ0v) is 18.1. The number of halogens is 1. The van der Waals surface area contributed by atoms with E-state index in [1.54, 1.807) is 19.2 Å². The van der Waals surface area contributed by atoms with Gasteiger partial charge in [-0.1, -0.05) is 45.7 Å². The highest BCUT2D eigenvalue weighted by Crippen LogP contribution is 2.39. The molecule has 0 amide bonds. The van der Waals surface area contributed by atoms with Crippen LogP contribution >= 0.6 is 0 Å². The highest BCUT2D eigenvalue weighted by atomic mass is 19.1. The fourth-order valence-corrected chi connectivity index (χ4v) is 3.68. The molecule has 154 valence electrons. The number of nitrogens with zero attached hydrogens (tertiary/aromatic N) is 1. The number of aliphatic hydroxyl groups is 1. The summed E-state index contributed by atoms with van der Waals surface area (Å²) < 4.78 is 19.4. The monoisotopic (exact) mass is 387 g/mol. The summed E-state index contributed by atoms with van der Waals surface area (Å²) in [6.45, 7) is 10.3. The van der Waals surface area contributed by atoms with Gasteiger partial charge in [-0.05, 0) is 61.4 Å². The lowest BCUT2D eigenvalue weighted by Gasteiger charge is -2.30. The summed E-state index contributed by atoms with van der Waals surface area (Å²) in [6, 6.07) is 6.54. The molecular formula is C24H34FNO2. The SMILES string of the molecule is CCCCCc1c(C(C)(C)OC)nc(C(C)C)c(CO)c1-c1ccc(F)cc1. The van der Waals surface area contributed by atoms with Crippen LogP contribution in [0.15, 0.2) is 24.3 Å². The molecule has 0 radical (unpaired) electrons. The third kappa shape index (κ3) is 4.79. The molecule has 0 aliphatic carbocycles. The maximum absolute atomic E-state index is 13.6. The van der Waals surface area contributed by atoms with Crippen molar-refractivity contribution in [1.29, 1.82) is 0 Å². The molecule has 0 spiro atoms. The minimum Gasteiger partial charge on any atom is -0.392 e. The Labute approximate surface area is 169 Å². The summed E-state index contributed by atoms with van der Waals surface area (Å²) in [4.78, 5) is 5.01. The number of pyridine rings is 1. The second-order valence-electron chi connectivity index (χ2n) is 8.17. The molecule has 1 N–H and O–H groups in total. The molecule has 0 aliphatic rings. The topological polar surface area (TPSA) is 42.4 Å². The molecule has 0 bridgehead atoms. The summed E-state index contributed by atoms with van der Waals surface area (Å²) in [5.74, 6) is -0.116. The van der Waals surface area contributed by atoms with E-state index in [-0.39, 0.29) is 18.3 Å². The van der Waals surface area contributed by atoms with Crippen molar-refractivity contribution in [3.8, 4) is 11.1 Å². The molecule has 0 aliphatic heterocycles. The van der Waals surface area contributed by atoms with E-state index >= 15 is 0 Å². The number of hydrogen-bond acceptors (Lipinski definition) is 3. The molecular weight excluding hydrogens is 353 g/mol. The molecule has 1 aromatic carbocycles. The van der Waals surface area contributed by atoms with Gasteiger partial charge in [0.15, 0.2) is 0 Å². The number of aliphatic hydroxyl groups excluding tert-OH is 1. The number of methoxy groups -OCH3 is 1. The van der Waals surface area contributed by atoms with Crippen LogP contribution in [0, 0.1) is 5.82 Å². The Kier molecular flexibility index (Phi) is 7.73. The molecule has 0 saturated carbocycles. The van der Waals surface area contributed by atoms with Gasteiger partial charge in [0.2, 0.25) is 0 Å². The van der Waals surface area contributed by atoms with Crippen molar-refractivity contribution in [1.82, 2.24) is 4.98 Å². The second kappa shape index (κ2) is 9.62. The minimum absolute atomic E-state index is 0.0955. The first-order chi connectivity index (χ1) is 13.3. The lowest BCUT2D eigenvalue weighted by atomic mass is 9.84. The fourth-order valence-electron chi connectivity index (χ4n) is 3.68. The van der Waals surface area contributed by atoms with Crippen LogP contribution in [0.1, 0.15) is 82.3 Å². The Morgan fingerprint density at radius 3 is 2.25 bits per heavy atom. The van der Waals surface area contributed by atoms with Crippen LogP contribution in [-0.4, -0.2) is 17.2 Å². The van der Waals surface area contributed by atoms with Crippen LogP contribution in [0.2, 0.25) is 0 Å². The standard InChI is InChI=1S/C24H34FNO2/c1-7-8-9-10-19-21(17-11-13-18(25)14-12-17)20(15-27)22(16(2)3)26-23(19)24(4,5)28-6/h11-14,16,27H,7-10,15H2,1-6H3. The molecule has 1 aromatic heterocycles. The maximum atomic E-state index is 13.6. The molecule has 2 aromatic rings. The average Bonchev–Trinajstić information content (AvgIpc) is 2.67. The van der Waals surface area contributed by atoms with Crippen LogP contribution in [0.5, 0.6) is 0 Å². The molecule has 2 rings (SSSR count). The molecule has 1 heterocycles. The Morgan fingerprint density at radius 1 is 1.11 bits per heavy atom. The first-order valence-corrected chi connectivity index (χ1v) is 10.2. The van der Waals surface area contributed by atoms with E-state index in [0.717, 1.165) is 59.3 Å². The van der Waals surface area contributed by atoms with Crippen molar-refractivity contribution in [2.45, 2.75) is 78.4 Å². The van der Waals surface area contributed by atoms with Crippen LogP contribution in [-0.2, 0) is 23.4 Å². The van der Waals surface area contributed by atoms with Crippen molar-refractivity contribution in [3.05, 3.63) is 52.6 Å². The summed E-state index contributed by atoms with van der Waals surface area (Å²) in [7, 11) is 1.70. The van der Waals surface area contributed by atoms with Gasteiger partial charge in [0.05, 0.1) is 12.3 Å². The van der Waals surface area contributed by atoms with E-state index in [1.807, 2.05) is 13.8 Å². The molecule has 28 heavy (non-hydrogen) atoms. The zero-order chi connectivity index (χ0) is 20.9. The molecule has 0 saturated heterocycles. The maximum Gasteiger partial charge on any atom is 0.123 e. The zero-order valence-electron chi connectivity index (χ0n) is 18.1. The predicted octanol–water partition coefficient (Wildman–Crippen LogP) is 6.12. The summed E-state index contributed by atoms with van der Waals surface area (Å²) in [6.07, 6.45) is 4.13. The normalized spacial score (nSPS) is 12.0. The van der Waals surface area contributed by atoms with E-state index < -0.39 is 5.60 Å². The van der Waals surface area contributed by atoms with Crippen LogP contribution in [0.4, 0.5) is 4.39 Å². The van der Waals surface area contributed by atoms with E-state index in [0.29, 0.717) is 0 Å². The van der Waals surface area contributed by atoms with E-state index in [1.165, 1.54) is 12.1 Å². The second-order valence-corrected chi connectivity index (χ2v) is 8.17. The smallest absolute Gasteiger partial charge is 0.123 e. The Hall–Kier alpha value is -1.78. The van der Waals surface area contributed by atoms with Crippen LogP contribution < -0.4 is 0 Å². The molecule has 0 atom stereocenters. The van der Waals surface area contributed by atoms with Gasteiger partial charge in [-0.15, -0.1) is 0 Å². The van der Waals surface area contributed by atoms with Gasteiger partial charge in [-0.2, -0.15) is 0 Å². The molecule has 3 nitrogen and oxygen atoms in total. The highest BCUT2D eigenvalue weighted by molar-refractivity contribution is 5.73. The third-order valence-corrected chi connectivity index (χ3v) is 5.38.